The Morgan fingerprint density at radius 3 is 1.78 bits per heavy atom. The highest BCUT2D eigenvalue weighted by atomic mass is 16.6. The summed E-state index contributed by atoms with van der Waals surface area (Å²) >= 11 is 0. The van der Waals surface area contributed by atoms with Gasteiger partial charge in [0.15, 0.2) is 0 Å². The van der Waals surface area contributed by atoms with Crippen LogP contribution in [-0.2, 0) is 25.6 Å². The number of amides is 4. The van der Waals surface area contributed by atoms with Gasteiger partial charge in [-0.25, -0.2) is 9.59 Å². The Morgan fingerprint density at radius 2 is 1.32 bits per heavy atom. The monoisotopic (exact) mass is 570 g/mol. The highest BCUT2D eigenvalue weighted by molar-refractivity contribution is 5.91. The Labute approximate surface area is 243 Å². The number of nitrogens with zero attached hydrogens (tertiary/aromatic N) is 1. The van der Waals surface area contributed by atoms with E-state index in [2.05, 4.69) is 16.0 Å². The van der Waals surface area contributed by atoms with Crippen molar-refractivity contribution >= 4 is 24.0 Å². The third-order valence-electron chi connectivity index (χ3n) is 8.62. The summed E-state index contributed by atoms with van der Waals surface area (Å²) in [5.41, 5.74) is -1.93. The van der Waals surface area contributed by atoms with Crippen LogP contribution < -0.4 is 16.0 Å². The summed E-state index contributed by atoms with van der Waals surface area (Å²) in [6.45, 7) is 16.4. The summed E-state index contributed by atoms with van der Waals surface area (Å²) < 4.78 is 10.6. The van der Waals surface area contributed by atoms with E-state index in [1.54, 1.807) is 0 Å². The predicted molar refractivity (Wildman–Crippen MR) is 154 cm³/mol. The van der Waals surface area contributed by atoms with E-state index in [1.807, 2.05) is 90.6 Å². The van der Waals surface area contributed by atoms with E-state index in [9.17, 15) is 19.2 Å². The molecule has 2 heterocycles. The number of carbonyl (C=O) groups is 4. The summed E-state index contributed by atoms with van der Waals surface area (Å²) in [7, 11) is 0. The molecule has 2 aliphatic carbocycles. The second-order valence-corrected chi connectivity index (χ2v) is 14.4. The standard InChI is InChI=1S/C19H26N2O3.C12H20N2O3/c1-17(2,3)24-16(23)20-18(4)13-21(15(22)19(18)10-11-19)12-14-8-6-5-7-9-14;1-10(2,3)17-9(16)14-11(4)7-13-8(15)12(11)5-6-12/h5-9H,10-13H2,1-4H3,(H,20,23);5-7H2,1-4H3,(H,13,15)(H,14,16). The van der Waals surface area contributed by atoms with Gasteiger partial charge in [-0.1, -0.05) is 30.3 Å². The maximum atomic E-state index is 12.9. The molecule has 2 unspecified atom stereocenters. The van der Waals surface area contributed by atoms with Crippen molar-refractivity contribution in [1.29, 1.82) is 0 Å². The molecule has 2 aliphatic heterocycles. The van der Waals surface area contributed by atoms with E-state index < -0.39 is 45.3 Å². The molecule has 0 bridgehead atoms. The minimum absolute atomic E-state index is 0.0519. The highest BCUT2D eigenvalue weighted by Crippen LogP contribution is 2.59. The SMILES string of the molecule is CC(C)(C)OC(=O)NC1(C)CN(Cc2ccccc2)C(=O)C12CC2.CC(C)(C)OC(=O)NC1(C)CNC(=O)C12CC2. The predicted octanol–water partition coefficient (Wildman–Crippen LogP) is 4.27. The molecule has 10 nitrogen and oxygen atoms in total. The highest BCUT2D eigenvalue weighted by Gasteiger charge is 2.69. The molecule has 0 aromatic heterocycles. The number of hydrogen-bond donors (Lipinski definition) is 3. The van der Waals surface area contributed by atoms with Crippen molar-refractivity contribution in [3.8, 4) is 0 Å². The molecular weight excluding hydrogens is 524 g/mol. The van der Waals surface area contributed by atoms with Crippen LogP contribution in [0.15, 0.2) is 30.3 Å². The lowest BCUT2D eigenvalue weighted by Gasteiger charge is -2.32. The lowest BCUT2D eigenvalue weighted by atomic mass is 9.85. The average Bonchev–Trinajstić information content (AvgIpc) is 3.73. The molecule has 4 aliphatic rings. The molecule has 2 spiro atoms. The minimum Gasteiger partial charge on any atom is -0.444 e. The normalized spacial score (nSPS) is 27.1. The number of hydrogen-bond acceptors (Lipinski definition) is 6. The molecule has 5 rings (SSSR count). The fraction of sp³-hybridized carbons (Fsp3) is 0.677. The number of carbonyl (C=O) groups excluding carboxylic acids is 4. The molecular formula is C31H46N4O6. The summed E-state index contributed by atoms with van der Waals surface area (Å²) in [5, 5.41) is 8.66. The number of nitrogens with one attached hydrogen (secondary N) is 3. The van der Waals surface area contributed by atoms with Gasteiger partial charge in [0.1, 0.15) is 11.2 Å². The zero-order valence-electron chi connectivity index (χ0n) is 25.7. The van der Waals surface area contributed by atoms with Crippen molar-refractivity contribution < 1.29 is 28.7 Å². The van der Waals surface area contributed by atoms with Crippen LogP contribution in [0.1, 0.15) is 86.6 Å². The molecule has 2 atom stereocenters. The van der Waals surface area contributed by atoms with Crippen molar-refractivity contribution in [2.45, 2.75) is 110 Å². The first kappa shape index (κ1) is 30.7. The van der Waals surface area contributed by atoms with Gasteiger partial charge < -0.3 is 30.3 Å². The lowest BCUT2D eigenvalue weighted by Crippen LogP contribution is -2.54. The topological polar surface area (TPSA) is 126 Å². The van der Waals surface area contributed by atoms with E-state index in [-0.39, 0.29) is 11.8 Å². The Kier molecular flexibility index (Phi) is 7.63. The van der Waals surface area contributed by atoms with Gasteiger partial charge in [0.25, 0.3) is 0 Å². The van der Waals surface area contributed by atoms with Crippen LogP contribution in [0.2, 0.25) is 0 Å². The number of benzene rings is 1. The number of ether oxygens (including phenoxy) is 2. The maximum Gasteiger partial charge on any atom is 0.408 e. The number of likely N-dealkylation sites (tertiary alicyclic amines) is 1. The van der Waals surface area contributed by atoms with Gasteiger partial charge >= 0.3 is 12.2 Å². The van der Waals surface area contributed by atoms with Gasteiger partial charge in [0, 0.05) is 19.6 Å². The lowest BCUT2D eigenvalue weighted by molar-refractivity contribution is -0.133. The Balaban J connectivity index is 0.000000201. The van der Waals surface area contributed by atoms with Gasteiger partial charge in [-0.3, -0.25) is 9.59 Å². The first-order valence-electron chi connectivity index (χ1n) is 14.5. The second kappa shape index (κ2) is 10.2. The van der Waals surface area contributed by atoms with Crippen LogP contribution in [-0.4, -0.2) is 64.3 Å². The fourth-order valence-corrected chi connectivity index (χ4v) is 6.10. The van der Waals surface area contributed by atoms with Gasteiger partial charge in [0.05, 0.1) is 21.9 Å². The first-order chi connectivity index (χ1) is 18.8. The van der Waals surface area contributed by atoms with Crippen LogP contribution in [0.25, 0.3) is 0 Å². The van der Waals surface area contributed by atoms with E-state index in [4.69, 9.17) is 9.47 Å². The largest absolute Gasteiger partial charge is 0.444 e. The third kappa shape index (κ3) is 6.31. The molecule has 1 aromatic rings. The molecule has 41 heavy (non-hydrogen) atoms. The smallest absolute Gasteiger partial charge is 0.408 e. The zero-order valence-corrected chi connectivity index (χ0v) is 25.7. The van der Waals surface area contributed by atoms with Crippen molar-refractivity contribution in [3.05, 3.63) is 35.9 Å². The molecule has 10 heteroatoms. The maximum absolute atomic E-state index is 12.9. The van der Waals surface area contributed by atoms with E-state index in [0.29, 0.717) is 19.6 Å². The van der Waals surface area contributed by atoms with Gasteiger partial charge in [-0.05, 0) is 86.6 Å². The molecule has 1 aromatic carbocycles. The quantitative estimate of drug-likeness (QED) is 0.496. The number of alkyl carbamates (subject to hydrolysis) is 2. The van der Waals surface area contributed by atoms with Crippen LogP contribution in [0.4, 0.5) is 9.59 Å². The molecule has 3 N–H and O–H groups in total. The molecule has 4 amide bonds. The summed E-state index contributed by atoms with van der Waals surface area (Å²) in [6, 6.07) is 9.95. The van der Waals surface area contributed by atoms with Gasteiger partial charge in [0.2, 0.25) is 11.8 Å². The van der Waals surface area contributed by atoms with E-state index in [1.165, 1.54) is 0 Å². The minimum atomic E-state index is -0.582. The second-order valence-electron chi connectivity index (χ2n) is 14.4. The summed E-state index contributed by atoms with van der Waals surface area (Å²) in [6.07, 6.45) is 2.41. The Hall–Kier alpha value is -3.30. The Bertz CT molecular complexity index is 1200. The number of rotatable bonds is 4. The van der Waals surface area contributed by atoms with Crippen LogP contribution >= 0.6 is 0 Å². The zero-order chi connectivity index (χ0) is 30.5. The van der Waals surface area contributed by atoms with E-state index >= 15 is 0 Å². The van der Waals surface area contributed by atoms with Crippen molar-refractivity contribution in [3.63, 3.8) is 0 Å². The molecule has 0 radical (unpaired) electrons. The van der Waals surface area contributed by atoms with Gasteiger partial charge in [-0.15, -0.1) is 0 Å². The Morgan fingerprint density at radius 1 is 0.829 bits per heavy atom. The van der Waals surface area contributed by atoms with Crippen molar-refractivity contribution in [2.75, 3.05) is 13.1 Å². The van der Waals surface area contributed by atoms with E-state index in [0.717, 1.165) is 31.2 Å². The summed E-state index contributed by atoms with van der Waals surface area (Å²) in [4.78, 5) is 50.5. The van der Waals surface area contributed by atoms with Crippen LogP contribution in [0.3, 0.4) is 0 Å². The van der Waals surface area contributed by atoms with Crippen LogP contribution in [0, 0.1) is 10.8 Å². The fourth-order valence-electron chi connectivity index (χ4n) is 6.10. The van der Waals surface area contributed by atoms with Crippen molar-refractivity contribution in [2.24, 2.45) is 10.8 Å². The third-order valence-corrected chi connectivity index (χ3v) is 8.62. The average molecular weight is 571 g/mol. The van der Waals surface area contributed by atoms with Crippen molar-refractivity contribution in [1.82, 2.24) is 20.9 Å². The van der Waals surface area contributed by atoms with Gasteiger partial charge in [-0.2, -0.15) is 0 Å². The molecule has 2 saturated heterocycles. The molecule has 226 valence electrons. The summed E-state index contributed by atoms with van der Waals surface area (Å²) in [5.74, 6) is 0.195. The van der Waals surface area contributed by atoms with Crippen LogP contribution in [0.5, 0.6) is 0 Å². The first-order valence-corrected chi connectivity index (χ1v) is 14.5. The molecule has 2 saturated carbocycles. The molecule has 4 fully saturated rings.